The zero-order valence-corrected chi connectivity index (χ0v) is 5.84. The summed E-state index contributed by atoms with van der Waals surface area (Å²) in [5.74, 6) is -0.197. The van der Waals surface area contributed by atoms with Crippen LogP contribution in [0.15, 0.2) is 36.4 Å². The molecule has 2 aromatic carbocycles. The molecule has 0 N–H and O–H groups in total. The first-order chi connectivity index (χ1) is 5.36. The molecule has 0 unspecified atom stereocenters. The molecule has 0 aromatic heterocycles. The summed E-state index contributed by atoms with van der Waals surface area (Å²) in [4.78, 5) is 0. The van der Waals surface area contributed by atoms with Gasteiger partial charge in [0.25, 0.3) is 0 Å². The molecule has 53 valence electrons. The molecule has 2 aromatic rings. The van der Waals surface area contributed by atoms with Crippen LogP contribution in [0.5, 0.6) is 0 Å². The fourth-order valence-corrected chi connectivity index (χ4v) is 1.10. The smallest absolute Gasteiger partial charge is 0.123 e. The van der Waals surface area contributed by atoms with Gasteiger partial charge in [0.1, 0.15) is 5.82 Å². The lowest BCUT2D eigenvalue weighted by Crippen LogP contribution is -1.74. The zero-order chi connectivity index (χ0) is 7.68. The lowest BCUT2D eigenvalue weighted by molar-refractivity contribution is 0.630. The van der Waals surface area contributed by atoms with Crippen LogP contribution in [0.2, 0.25) is 0 Å². The van der Waals surface area contributed by atoms with Gasteiger partial charge in [0.15, 0.2) is 0 Å². The third kappa shape index (κ3) is 1.09. The molecular weight excluding hydrogens is 139 g/mol. The Morgan fingerprint density at radius 1 is 1.09 bits per heavy atom. The Kier molecular flexibility index (Phi) is 1.35. The SMILES string of the molecule is Fc1ccc2cc[c]cc2c1. The first kappa shape index (κ1) is 6.35. The average Bonchev–Trinajstić information content (AvgIpc) is 2.04. The molecule has 0 aliphatic heterocycles. The summed E-state index contributed by atoms with van der Waals surface area (Å²) in [6.45, 7) is 0. The highest BCUT2D eigenvalue weighted by Crippen LogP contribution is 2.13. The molecule has 0 heterocycles. The van der Waals surface area contributed by atoms with Crippen molar-refractivity contribution in [1.29, 1.82) is 0 Å². The highest BCUT2D eigenvalue weighted by Gasteiger charge is 1.92. The van der Waals surface area contributed by atoms with Gasteiger partial charge in [0.05, 0.1) is 0 Å². The normalized spacial score (nSPS) is 10.3. The molecule has 11 heavy (non-hydrogen) atoms. The second kappa shape index (κ2) is 2.35. The van der Waals surface area contributed by atoms with E-state index >= 15 is 0 Å². The van der Waals surface area contributed by atoms with Gasteiger partial charge in [-0.2, -0.15) is 0 Å². The van der Waals surface area contributed by atoms with Gasteiger partial charge in [-0.25, -0.2) is 4.39 Å². The molecule has 1 radical (unpaired) electrons. The van der Waals surface area contributed by atoms with E-state index in [4.69, 9.17) is 0 Å². The summed E-state index contributed by atoms with van der Waals surface area (Å²) in [5, 5.41) is 1.94. The van der Waals surface area contributed by atoms with Crippen molar-refractivity contribution in [2.45, 2.75) is 0 Å². The van der Waals surface area contributed by atoms with Crippen LogP contribution in [0.1, 0.15) is 0 Å². The molecule has 0 bridgehead atoms. The first-order valence-electron chi connectivity index (χ1n) is 3.42. The largest absolute Gasteiger partial charge is 0.207 e. The summed E-state index contributed by atoms with van der Waals surface area (Å²) in [7, 11) is 0. The Balaban J connectivity index is 2.83. The van der Waals surface area contributed by atoms with E-state index in [2.05, 4.69) is 6.07 Å². The molecule has 0 aliphatic rings. The van der Waals surface area contributed by atoms with Crippen LogP contribution in [0, 0.1) is 11.9 Å². The lowest BCUT2D eigenvalue weighted by atomic mass is 10.1. The van der Waals surface area contributed by atoms with Gasteiger partial charge in [0, 0.05) is 0 Å². The predicted octanol–water partition coefficient (Wildman–Crippen LogP) is 2.78. The molecule has 0 nitrogen and oxygen atoms in total. The number of hydrogen-bond donors (Lipinski definition) is 0. The van der Waals surface area contributed by atoms with Crippen LogP contribution in [-0.4, -0.2) is 0 Å². The van der Waals surface area contributed by atoms with Crippen LogP contribution in [0.25, 0.3) is 10.8 Å². The fourth-order valence-electron chi connectivity index (χ4n) is 1.10. The maximum atomic E-state index is 12.6. The summed E-state index contributed by atoms with van der Waals surface area (Å²) in [5.41, 5.74) is 0. The molecule has 0 atom stereocenters. The quantitative estimate of drug-likeness (QED) is 0.534. The van der Waals surface area contributed by atoms with E-state index in [1.165, 1.54) is 12.1 Å². The predicted molar refractivity (Wildman–Crippen MR) is 42.7 cm³/mol. The molecular formula is C10H6F. The Morgan fingerprint density at radius 3 is 2.91 bits per heavy atom. The van der Waals surface area contributed by atoms with E-state index in [9.17, 15) is 4.39 Å². The van der Waals surface area contributed by atoms with Gasteiger partial charge in [-0.3, -0.25) is 0 Å². The summed E-state index contributed by atoms with van der Waals surface area (Å²) in [6.07, 6.45) is 0. The Labute approximate surface area is 64.3 Å². The van der Waals surface area contributed by atoms with Gasteiger partial charge in [-0.1, -0.05) is 18.2 Å². The maximum Gasteiger partial charge on any atom is 0.123 e. The van der Waals surface area contributed by atoms with Crippen molar-refractivity contribution in [3.8, 4) is 0 Å². The van der Waals surface area contributed by atoms with Crippen molar-refractivity contribution in [3.05, 3.63) is 48.3 Å². The van der Waals surface area contributed by atoms with E-state index in [1.54, 1.807) is 12.1 Å². The second-order valence-corrected chi connectivity index (χ2v) is 2.42. The molecule has 1 heteroatoms. The van der Waals surface area contributed by atoms with Crippen molar-refractivity contribution in [1.82, 2.24) is 0 Å². The molecule has 0 saturated heterocycles. The molecule has 2 rings (SSSR count). The average molecular weight is 145 g/mol. The highest BCUT2D eigenvalue weighted by atomic mass is 19.1. The van der Waals surface area contributed by atoms with Crippen molar-refractivity contribution < 1.29 is 4.39 Å². The third-order valence-electron chi connectivity index (χ3n) is 1.65. The first-order valence-corrected chi connectivity index (χ1v) is 3.42. The van der Waals surface area contributed by atoms with Crippen molar-refractivity contribution in [3.63, 3.8) is 0 Å². The van der Waals surface area contributed by atoms with E-state index in [-0.39, 0.29) is 5.82 Å². The topological polar surface area (TPSA) is 0 Å². The zero-order valence-electron chi connectivity index (χ0n) is 5.84. The van der Waals surface area contributed by atoms with Crippen LogP contribution in [-0.2, 0) is 0 Å². The van der Waals surface area contributed by atoms with Crippen LogP contribution in [0.4, 0.5) is 4.39 Å². The number of hydrogen-bond acceptors (Lipinski definition) is 0. The summed E-state index contributed by atoms with van der Waals surface area (Å²) < 4.78 is 12.6. The van der Waals surface area contributed by atoms with E-state index in [0.717, 1.165) is 10.8 Å². The van der Waals surface area contributed by atoms with Gasteiger partial charge < -0.3 is 0 Å². The second-order valence-electron chi connectivity index (χ2n) is 2.42. The Morgan fingerprint density at radius 2 is 2.00 bits per heavy atom. The van der Waals surface area contributed by atoms with Crippen molar-refractivity contribution in [2.75, 3.05) is 0 Å². The monoisotopic (exact) mass is 145 g/mol. The fraction of sp³-hybridized carbons (Fsp3) is 0. The van der Waals surface area contributed by atoms with E-state index < -0.39 is 0 Å². The van der Waals surface area contributed by atoms with Crippen molar-refractivity contribution in [2.24, 2.45) is 0 Å². The summed E-state index contributed by atoms with van der Waals surface area (Å²) >= 11 is 0. The van der Waals surface area contributed by atoms with Gasteiger partial charge in [-0.05, 0) is 35.0 Å². The Hall–Kier alpha value is -1.37. The number of rotatable bonds is 0. The standard InChI is InChI=1S/C10H6F/c11-10-6-5-8-3-1-2-4-9(8)7-10/h1,3-7H. The van der Waals surface area contributed by atoms with E-state index in [1.807, 2.05) is 12.1 Å². The van der Waals surface area contributed by atoms with Crippen LogP contribution in [0.3, 0.4) is 0 Å². The Bertz CT molecular complexity index is 379. The maximum absolute atomic E-state index is 12.6. The minimum Gasteiger partial charge on any atom is -0.207 e. The highest BCUT2D eigenvalue weighted by molar-refractivity contribution is 5.82. The minimum atomic E-state index is -0.197. The van der Waals surface area contributed by atoms with Crippen LogP contribution < -0.4 is 0 Å². The van der Waals surface area contributed by atoms with Gasteiger partial charge in [0.2, 0.25) is 0 Å². The summed E-state index contributed by atoms with van der Waals surface area (Å²) in [6, 6.07) is 13.1. The number of benzene rings is 2. The number of halogens is 1. The third-order valence-corrected chi connectivity index (χ3v) is 1.65. The van der Waals surface area contributed by atoms with E-state index in [0.29, 0.717) is 0 Å². The van der Waals surface area contributed by atoms with Gasteiger partial charge >= 0.3 is 0 Å². The number of fused-ring (bicyclic) bond motifs is 1. The molecule has 0 spiro atoms. The molecule has 0 aliphatic carbocycles. The van der Waals surface area contributed by atoms with Gasteiger partial charge in [-0.15, -0.1) is 0 Å². The van der Waals surface area contributed by atoms with Crippen molar-refractivity contribution >= 4 is 10.8 Å². The molecule has 0 fully saturated rings. The molecule has 0 amide bonds. The van der Waals surface area contributed by atoms with Crippen LogP contribution >= 0.6 is 0 Å². The lowest BCUT2D eigenvalue weighted by Gasteiger charge is -1.94. The molecule has 0 saturated carbocycles. The minimum absolute atomic E-state index is 0.197.